The summed E-state index contributed by atoms with van der Waals surface area (Å²) in [5.41, 5.74) is 2.70. The lowest BCUT2D eigenvalue weighted by molar-refractivity contribution is 0.113. The van der Waals surface area contributed by atoms with Crippen LogP contribution in [0.5, 0.6) is 5.75 Å². The lowest BCUT2D eigenvalue weighted by Crippen LogP contribution is -2.35. The fourth-order valence-electron chi connectivity index (χ4n) is 4.89. The number of rotatable bonds is 6. The summed E-state index contributed by atoms with van der Waals surface area (Å²) in [4.78, 5) is 27.6. The van der Waals surface area contributed by atoms with Crippen molar-refractivity contribution in [3.63, 3.8) is 0 Å². The molecular formula is C28H33N3O4. The molecule has 3 aromatic rings. The molecule has 2 amide bonds. The number of benzene rings is 2. The van der Waals surface area contributed by atoms with Crippen molar-refractivity contribution in [1.82, 2.24) is 4.90 Å². The van der Waals surface area contributed by atoms with Crippen LogP contribution in [0.1, 0.15) is 43.2 Å². The molecule has 1 saturated heterocycles. The second-order valence-electron chi connectivity index (χ2n) is 9.96. The van der Waals surface area contributed by atoms with Crippen LogP contribution in [-0.2, 0) is 6.42 Å². The number of anilines is 2. The molecule has 1 aromatic heterocycles. The van der Waals surface area contributed by atoms with E-state index in [0.717, 1.165) is 55.0 Å². The number of likely N-dealkylation sites (tertiary alicyclic amines) is 1. The third-order valence-electron chi connectivity index (χ3n) is 7.24. The second kappa shape index (κ2) is 10.1. The highest BCUT2D eigenvalue weighted by Crippen LogP contribution is 2.31. The SMILES string of the molecule is Cc1c(OC2CCN(C)CC2)ccc2cc(NC(=O)Nc3cccc(CC4CCC4)c3)c(=O)oc12. The molecule has 1 aliphatic heterocycles. The number of piperidine rings is 1. The number of hydrogen-bond donors (Lipinski definition) is 2. The fraction of sp³-hybridized carbons (Fsp3) is 0.429. The molecule has 2 aliphatic rings. The Kier molecular flexibility index (Phi) is 6.77. The standard InChI is InChI=1S/C28H33N3O4/c1-18-25(34-23-11-13-31(2)14-12-23)10-9-21-17-24(27(32)35-26(18)21)30-28(33)29-22-8-4-7-20(16-22)15-19-5-3-6-19/h4,7-10,16-17,19,23H,3,5-6,11-15H2,1-2H3,(H2,29,30,33). The predicted molar refractivity (Wildman–Crippen MR) is 138 cm³/mol. The van der Waals surface area contributed by atoms with Crippen LogP contribution in [0.3, 0.4) is 0 Å². The average molecular weight is 476 g/mol. The topological polar surface area (TPSA) is 83.8 Å². The second-order valence-corrected chi connectivity index (χ2v) is 9.96. The Balaban J connectivity index is 1.27. The van der Waals surface area contributed by atoms with Crippen molar-refractivity contribution in [1.29, 1.82) is 0 Å². The normalized spacial score (nSPS) is 17.2. The molecule has 5 rings (SSSR count). The summed E-state index contributed by atoms with van der Waals surface area (Å²) in [5.74, 6) is 1.48. The van der Waals surface area contributed by atoms with E-state index in [2.05, 4.69) is 28.6 Å². The quantitative estimate of drug-likeness (QED) is 0.456. The number of nitrogens with one attached hydrogen (secondary N) is 2. The van der Waals surface area contributed by atoms with Gasteiger partial charge in [-0.3, -0.25) is 0 Å². The predicted octanol–water partition coefficient (Wildman–Crippen LogP) is 5.56. The zero-order valence-electron chi connectivity index (χ0n) is 20.4. The van der Waals surface area contributed by atoms with Crippen LogP contribution < -0.4 is 21.0 Å². The first-order valence-corrected chi connectivity index (χ1v) is 12.5. The maximum Gasteiger partial charge on any atom is 0.360 e. The van der Waals surface area contributed by atoms with E-state index in [1.807, 2.05) is 37.3 Å². The summed E-state index contributed by atoms with van der Waals surface area (Å²) in [7, 11) is 2.12. The van der Waals surface area contributed by atoms with Crippen molar-refractivity contribution in [3.8, 4) is 5.75 Å². The van der Waals surface area contributed by atoms with Crippen LogP contribution in [0.15, 0.2) is 51.7 Å². The Morgan fingerprint density at radius 1 is 1.09 bits per heavy atom. The number of amides is 2. The summed E-state index contributed by atoms with van der Waals surface area (Å²) in [5, 5.41) is 6.21. The van der Waals surface area contributed by atoms with Gasteiger partial charge in [0.05, 0.1) is 0 Å². The van der Waals surface area contributed by atoms with Crippen molar-refractivity contribution in [2.24, 2.45) is 5.92 Å². The Morgan fingerprint density at radius 3 is 2.63 bits per heavy atom. The fourth-order valence-corrected chi connectivity index (χ4v) is 4.89. The number of nitrogens with zero attached hydrogens (tertiary/aromatic N) is 1. The Morgan fingerprint density at radius 2 is 1.89 bits per heavy atom. The van der Waals surface area contributed by atoms with Crippen molar-refractivity contribution >= 4 is 28.4 Å². The molecule has 1 aliphatic carbocycles. The van der Waals surface area contributed by atoms with Gasteiger partial charge in [0.2, 0.25) is 0 Å². The minimum Gasteiger partial charge on any atom is -0.490 e. The Labute approximate surface area is 205 Å². The number of hydrogen-bond acceptors (Lipinski definition) is 5. The molecule has 35 heavy (non-hydrogen) atoms. The summed E-state index contributed by atoms with van der Waals surface area (Å²) in [6.45, 7) is 3.91. The molecule has 2 N–H and O–H groups in total. The molecule has 2 aromatic carbocycles. The highest BCUT2D eigenvalue weighted by molar-refractivity contribution is 6.00. The van der Waals surface area contributed by atoms with Crippen molar-refractivity contribution < 1.29 is 13.9 Å². The molecule has 7 heteroatoms. The molecule has 7 nitrogen and oxygen atoms in total. The lowest BCUT2D eigenvalue weighted by atomic mass is 9.81. The van der Waals surface area contributed by atoms with Gasteiger partial charge in [-0.25, -0.2) is 9.59 Å². The monoisotopic (exact) mass is 475 g/mol. The average Bonchev–Trinajstić information content (AvgIpc) is 2.81. The van der Waals surface area contributed by atoms with Crippen molar-refractivity contribution in [3.05, 3.63) is 64.0 Å². The van der Waals surface area contributed by atoms with Crippen LogP contribution in [-0.4, -0.2) is 37.2 Å². The number of carbonyl (C=O) groups is 1. The summed E-state index contributed by atoms with van der Waals surface area (Å²) in [6, 6.07) is 12.8. The van der Waals surface area contributed by atoms with Crippen molar-refractivity contribution in [2.75, 3.05) is 30.8 Å². The van der Waals surface area contributed by atoms with E-state index in [-0.39, 0.29) is 11.8 Å². The third kappa shape index (κ3) is 5.51. The number of urea groups is 1. The van der Waals surface area contributed by atoms with Gasteiger partial charge in [-0.1, -0.05) is 31.4 Å². The minimum absolute atomic E-state index is 0.101. The maximum atomic E-state index is 12.7. The van der Waals surface area contributed by atoms with Gasteiger partial charge >= 0.3 is 11.7 Å². The van der Waals surface area contributed by atoms with Gasteiger partial charge in [0, 0.05) is 29.7 Å². The Bertz CT molecular complexity index is 1270. The lowest BCUT2D eigenvalue weighted by Gasteiger charge is -2.29. The first kappa shape index (κ1) is 23.4. The van der Waals surface area contributed by atoms with Gasteiger partial charge < -0.3 is 24.7 Å². The van der Waals surface area contributed by atoms with Gasteiger partial charge in [0.25, 0.3) is 0 Å². The van der Waals surface area contributed by atoms with E-state index in [1.54, 1.807) is 6.07 Å². The molecule has 0 radical (unpaired) electrons. The van der Waals surface area contributed by atoms with Gasteiger partial charge in [-0.15, -0.1) is 0 Å². The number of carbonyl (C=O) groups excluding carboxylic acids is 1. The summed E-state index contributed by atoms with van der Waals surface area (Å²) >= 11 is 0. The van der Waals surface area contributed by atoms with Crippen LogP contribution in [0, 0.1) is 12.8 Å². The van der Waals surface area contributed by atoms with E-state index in [0.29, 0.717) is 11.3 Å². The molecule has 0 unspecified atom stereocenters. The number of aryl methyl sites for hydroxylation is 1. The molecule has 0 spiro atoms. The zero-order valence-corrected chi connectivity index (χ0v) is 20.4. The first-order chi connectivity index (χ1) is 16.9. The van der Waals surface area contributed by atoms with Crippen LogP contribution >= 0.6 is 0 Å². The van der Waals surface area contributed by atoms with E-state index >= 15 is 0 Å². The summed E-state index contributed by atoms with van der Waals surface area (Å²) in [6.07, 6.45) is 7.01. The Hall–Kier alpha value is -3.32. The molecular weight excluding hydrogens is 442 g/mol. The third-order valence-corrected chi connectivity index (χ3v) is 7.24. The van der Waals surface area contributed by atoms with Gasteiger partial charge in [-0.2, -0.15) is 0 Å². The molecule has 2 fully saturated rings. The molecule has 2 heterocycles. The van der Waals surface area contributed by atoms with E-state index < -0.39 is 11.7 Å². The van der Waals surface area contributed by atoms with E-state index in [4.69, 9.17) is 9.15 Å². The smallest absolute Gasteiger partial charge is 0.360 e. The number of ether oxygens (including phenoxy) is 1. The molecule has 0 atom stereocenters. The summed E-state index contributed by atoms with van der Waals surface area (Å²) < 4.78 is 11.8. The number of fused-ring (bicyclic) bond motifs is 1. The van der Waals surface area contributed by atoms with Crippen LogP contribution in [0.4, 0.5) is 16.2 Å². The highest BCUT2D eigenvalue weighted by atomic mass is 16.5. The van der Waals surface area contributed by atoms with Gasteiger partial charge in [0.1, 0.15) is 23.1 Å². The largest absolute Gasteiger partial charge is 0.490 e. The van der Waals surface area contributed by atoms with Crippen LogP contribution in [0.2, 0.25) is 0 Å². The molecule has 1 saturated carbocycles. The van der Waals surface area contributed by atoms with Gasteiger partial charge in [0.15, 0.2) is 0 Å². The first-order valence-electron chi connectivity index (χ1n) is 12.5. The zero-order chi connectivity index (χ0) is 24.4. The highest BCUT2D eigenvalue weighted by Gasteiger charge is 2.21. The van der Waals surface area contributed by atoms with E-state index in [9.17, 15) is 9.59 Å². The molecule has 0 bridgehead atoms. The minimum atomic E-state index is -0.592. The maximum absolute atomic E-state index is 12.7. The van der Waals surface area contributed by atoms with Crippen LogP contribution in [0.25, 0.3) is 11.0 Å². The molecule has 184 valence electrons. The van der Waals surface area contributed by atoms with Crippen molar-refractivity contribution in [2.45, 2.75) is 51.6 Å². The van der Waals surface area contributed by atoms with E-state index in [1.165, 1.54) is 24.8 Å². The van der Waals surface area contributed by atoms with Gasteiger partial charge in [-0.05, 0) is 75.0 Å².